The van der Waals surface area contributed by atoms with Crippen molar-refractivity contribution in [3.8, 4) is 0 Å². The van der Waals surface area contributed by atoms with Crippen LogP contribution in [0.2, 0.25) is 0 Å². The van der Waals surface area contributed by atoms with Crippen molar-refractivity contribution in [2.24, 2.45) is 0 Å². The van der Waals surface area contributed by atoms with Gasteiger partial charge in [-0.1, -0.05) is 0 Å². The number of aryl methyl sites for hydroxylation is 1. The lowest BCUT2D eigenvalue weighted by molar-refractivity contribution is 0.0706. The molecule has 2 aromatic heterocycles. The summed E-state index contributed by atoms with van der Waals surface area (Å²) in [4.78, 5) is 14.1. The quantitative estimate of drug-likeness (QED) is 0.893. The number of nitrogens with two attached hydrogens (primary N) is 1. The van der Waals surface area contributed by atoms with E-state index in [2.05, 4.69) is 14.9 Å². The van der Waals surface area contributed by atoms with E-state index < -0.39 is 0 Å². The van der Waals surface area contributed by atoms with Gasteiger partial charge < -0.3 is 15.1 Å². The van der Waals surface area contributed by atoms with E-state index in [-0.39, 0.29) is 23.5 Å². The molecule has 1 aliphatic carbocycles. The third-order valence-electron chi connectivity index (χ3n) is 3.09. The van der Waals surface area contributed by atoms with Gasteiger partial charge in [-0.15, -0.1) is 0 Å². The molecule has 7 nitrogen and oxygen atoms in total. The average molecular weight is 262 g/mol. The summed E-state index contributed by atoms with van der Waals surface area (Å²) in [7, 11) is 0. The number of nitrogen functional groups attached to an aromatic ring is 1. The van der Waals surface area contributed by atoms with Crippen molar-refractivity contribution in [3.63, 3.8) is 0 Å². The number of anilines is 1. The second kappa shape index (κ2) is 4.42. The molecule has 0 unspecified atom stereocenters. The Labute approximate surface area is 109 Å². The summed E-state index contributed by atoms with van der Waals surface area (Å²) < 4.78 is 9.98. The van der Waals surface area contributed by atoms with Gasteiger partial charge in [0, 0.05) is 6.04 Å². The van der Waals surface area contributed by atoms with Gasteiger partial charge in [0.05, 0.1) is 6.54 Å². The van der Waals surface area contributed by atoms with Crippen molar-refractivity contribution in [1.29, 1.82) is 0 Å². The number of carbonyl (C=O) groups is 1. The molecule has 1 saturated carbocycles. The molecule has 19 heavy (non-hydrogen) atoms. The summed E-state index contributed by atoms with van der Waals surface area (Å²) >= 11 is 0. The van der Waals surface area contributed by atoms with Crippen molar-refractivity contribution >= 4 is 11.7 Å². The number of hydrogen-bond acceptors (Lipinski definition) is 6. The third-order valence-corrected chi connectivity index (χ3v) is 3.09. The minimum absolute atomic E-state index is 0.0197. The first-order valence-corrected chi connectivity index (χ1v) is 6.09. The molecular weight excluding hydrogens is 248 g/mol. The summed E-state index contributed by atoms with van der Waals surface area (Å²) in [5.41, 5.74) is 5.62. The standard InChI is InChI=1S/C12H14N4O3/c1-7-2-5-9(18-7)6-16(8-3-4-8)12(17)10-11(13)15-19-14-10/h2,5,8H,3-4,6H2,1H3,(H2,13,15). The van der Waals surface area contributed by atoms with Gasteiger partial charge >= 0.3 is 0 Å². The molecular formula is C12H14N4O3. The highest BCUT2D eigenvalue weighted by molar-refractivity contribution is 5.96. The molecule has 0 atom stereocenters. The maximum absolute atomic E-state index is 12.4. The lowest BCUT2D eigenvalue weighted by Crippen LogP contribution is -2.33. The van der Waals surface area contributed by atoms with Crippen molar-refractivity contribution < 1.29 is 13.8 Å². The van der Waals surface area contributed by atoms with E-state index in [0.29, 0.717) is 6.54 Å². The summed E-state index contributed by atoms with van der Waals surface area (Å²) in [5, 5.41) is 6.99. The molecule has 0 saturated heterocycles. The largest absolute Gasteiger partial charge is 0.464 e. The Kier molecular flexibility index (Phi) is 2.73. The maximum Gasteiger partial charge on any atom is 0.280 e. The summed E-state index contributed by atoms with van der Waals surface area (Å²) in [6.45, 7) is 2.27. The zero-order valence-corrected chi connectivity index (χ0v) is 10.5. The number of carbonyl (C=O) groups excluding carboxylic acids is 1. The van der Waals surface area contributed by atoms with Gasteiger partial charge in [-0.3, -0.25) is 4.79 Å². The van der Waals surface area contributed by atoms with E-state index >= 15 is 0 Å². The Morgan fingerprint density at radius 1 is 1.47 bits per heavy atom. The minimum Gasteiger partial charge on any atom is -0.464 e. The van der Waals surface area contributed by atoms with Crippen LogP contribution in [0.3, 0.4) is 0 Å². The first-order chi connectivity index (χ1) is 9.15. The number of aromatic nitrogens is 2. The number of furan rings is 1. The van der Waals surface area contributed by atoms with Gasteiger partial charge in [0.15, 0.2) is 0 Å². The zero-order valence-electron chi connectivity index (χ0n) is 10.5. The highest BCUT2D eigenvalue weighted by Crippen LogP contribution is 2.30. The highest BCUT2D eigenvalue weighted by atomic mass is 16.6. The predicted molar refractivity (Wildman–Crippen MR) is 65.1 cm³/mol. The molecule has 7 heteroatoms. The van der Waals surface area contributed by atoms with Crippen LogP contribution in [0.1, 0.15) is 34.9 Å². The van der Waals surface area contributed by atoms with Crippen molar-refractivity contribution in [3.05, 3.63) is 29.3 Å². The predicted octanol–water partition coefficient (Wildman–Crippen LogP) is 1.36. The second-order valence-corrected chi connectivity index (χ2v) is 4.67. The molecule has 0 aliphatic heterocycles. The smallest absolute Gasteiger partial charge is 0.280 e. The van der Waals surface area contributed by atoms with Crippen LogP contribution in [0.25, 0.3) is 0 Å². The normalized spacial score (nSPS) is 14.6. The van der Waals surface area contributed by atoms with E-state index in [1.165, 1.54) is 0 Å². The van der Waals surface area contributed by atoms with Gasteiger partial charge in [0.25, 0.3) is 5.91 Å². The van der Waals surface area contributed by atoms with E-state index in [9.17, 15) is 4.79 Å². The first kappa shape index (κ1) is 11.8. The Hall–Kier alpha value is -2.31. The molecule has 100 valence electrons. The van der Waals surface area contributed by atoms with Crippen molar-refractivity contribution in [2.45, 2.75) is 32.4 Å². The summed E-state index contributed by atoms with van der Waals surface area (Å²) in [6, 6.07) is 3.95. The van der Waals surface area contributed by atoms with Crippen LogP contribution in [0.15, 0.2) is 21.2 Å². The Morgan fingerprint density at radius 3 is 2.79 bits per heavy atom. The zero-order chi connectivity index (χ0) is 13.4. The molecule has 0 bridgehead atoms. The Bertz CT molecular complexity index is 600. The van der Waals surface area contributed by atoms with Crippen LogP contribution < -0.4 is 5.73 Å². The third kappa shape index (κ3) is 2.31. The molecule has 2 heterocycles. The monoisotopic (exact) mass is 262 g/mol. The topological polar surface area (TPSA) is 98.4 Å². The number of nitrogens with zero attached hydrogens (tertiary/aromatic N) is 3. The fourth-order valence-electron chi connectivity index (χ4n) is 1.97. The van der Waals surface area contributed by atoms with Gasteiger partial charge in [0.2, 0.25) is 11.5 Å². The second-order valence-electron chi connectivity index (χ2n) is 4.67. The number of rotatable bonds is 4. The van der Waals surface area contributed by atoms with E-state index in [4.69, 9.17) is 10.2 Å². The molecule has 1 fully saturated rings. The van der Waals surface area contributed by atoms with Crippen LogP contribution in [-0.4, -0.2) is 27.2 Å². The molecule has 2 aromatic rings. The van der Waals surface area contributed by atoms with Gasteiger partial charge in [0.1, 0.15) is 11.5 Å². The molecule has 1 amide bonds. The molecule has 0 radical (unpaired) electrons. The van der Waals surface area contributed by atoms with Crippen LogP contribution in [-0.2, 0) is 6.54 Å². The van der Waals surface area contributed by atoms with Crippen LogP contribution in [0.5, 0.6) is 0 Å². The highest BCUT2D eigenvalue weighted by Gasteiger charge is 2.35. The van der Waals surface area contributed by atoms with Gasteiger partial charge in [-0.05, 0) is 42.2 Å². The van der Waals surface area contributed by atoms with Crippen LogP contribution >= 0.6 is 0 Å². The summed E-state index contributed by atoms with van der Waals surface area (Å²) in [6.07, 6.45) is 1.97. The molecule has 0 spiro atoms. The van der Waals surface area contributed by atoms with E-state index in [1.54, 1.807) is 4.90 Å². The SMILES string of the molecule is Cc1ccc(CN(C(=O)c2nonc2N)C2CC2)o1. The molecule has 0 aromatic carbocycles. The maximum atomic E-state index is 12.4. The summed E-state index contributed by atoms with van der Waals surface area (Å²) in [5.74, 6) is 1.31. The number of hydrogen-bond donors (Lipinski definition) is 1. The Balaban J connectivity index is 1.81. The lowest BCUT2D eigenvalue weighted by atomic mass is 10.3. The fourth-order valence-corrected chi connectivity index (χ4v) is 1.97. The van der Waals surface area contributed by atoms with Crippen molar-refractivity contribution in [2.75, 3.05) is 5.73 Å². The minimum atomic E-state index is -0.268. The van der Waals surface area contributed by atoms with Crippen LogP contribution in [0, 0.1) is 6.92 Å². The number of amides is 1. The molecule has 2 N–H and O–H groups in total. The Morgan fingerprint density at radius 2 is 2.26 bits per heavy atom. The van der Waals surface area contributed by atoms with E-state index in [1.807, 2.05) is 19.1 Å². The van der Waals surface area contributed by atoms with Gasteiger partial charge in [-0.2, -0.15) is 0 Å². The van der Waals surface area contributed by atoms with Crippen LogP contribution in [0.4, 0.5) is 5.82 Å². The van der Waals surface area contributed by atoms with Crippen molar-refractivity contribution in [1.82, 2.24) is 15.2 Å². The molecule has 1 aliphatic rings. The fraction of sp³-hybridized carbons (Fsp3) is 0.417. The van der Waals surface area contributed by atoms with E-state index in [0.717, 1.165) is 24.4 Å². The lowest BCUT2D eigenvalue weighted by Gasteiger charge is -2.19. The first-order valence-electron chi connectivity index (χ1n) is 6.09. The average Bonchev–Trinajstić information content (AvgIpc) is 3.01. The van der Waals surface area contributed by atoms with Gasteiger partial charge in [-0.25, -0.2) is 4.63 Å². The molecule has 3 rings (SSSR count).